The lowest BCUT2D eigenvalue weighted by molar-refractivity contribution is -0.381. The molecule has 8 rings (SSSR count). The van der Waals surface area contributed by atoms with Crippen molar-refractivity contribution in [3.05, 3.63) is 11.6 Å². The molecule has 20 heteroatoms. The van der Waals surface area contributed by atoms with Gasteiger partial charge in [-0.15, -0.1) is 0 Å². The molecule has 5 aliphatic carbocycles. The molecule has 67 heavy (non-hydrogen) atoms. The van der Waals surface area contributed by atoms with E-state index in [9.17, 15) is 71.5 Å². The summed E-state index contributed by atoms with van der Waals surface area (Å²) >= 11 is 0. The van der Waals surface area contributed by atoms with Gasteiger partial charge in [0.25, 0.3) is 0 Å². The maximum atomic E-state index is 12.4. The van der Waals surface area contributed by atoms with E-state index in [1.165, 1.54) is 0 Å². The van der Waals surface area contributed by atoms with Crippen molar-refractivity contribution in [2.75, 3.05) is 26.4 Å². The maximum absolute atomic E-state index is 12.4. The van der Waals surface area contributed by atoms with Crippen molar-refractivity contribution in [1.82, 2.24) is 0 Å². The number of allylic oxidation sites excluding steroid dienone is 1. The Hall–Kier alpha value is -1.06. The van der Waals surface area contributed by atoms with Crippen LogP contribution in [0.15, 0.2) is 11.6 Å². The van der Waals surface area contributed by atoms with E-state index in [0.717, 1.165) is 5.57 Å². The highest BCUT2D eigenvalue weighted by atomic mass is 16.8. The predicted molar refractivity (Wildman–Crippen MR) is 230 cm³/mol. The van der Waals surface area contributed by atoms with E-state index in [0.29, 0.717) is 38.5 Å². The molecule has 0 unspecified atom stereocenters. The Bertz CT molecular complexity index is 1800. The largest absolute Gasteiger partial charge is 0.396 e. The summed E-state index contributed by atoms with van der Waals surface area (Å²) in [6.07, 6.45) is -23.2. The van der Waals surface area contributed by atoms with E-state index < -0.39 is 169 Å². The molecule has 4 saturated carbocycles. The maximum Gasteiger partial charge on any atom is 0.187 e. The number of ether oxygens (including phenoxy) is 6. The third-order valence-electron chi connectivity index (χ3n) is 19.4. The van der Waals surface area contributed by atoms with Gasteiger partial charge in [0.05, 0.1) is 62.4 Å². The molecule has 0 spiro atoms. The van der Waals surface area contributed by atoms with Gasteiger partial charge in [0.2, 0.25) is 0 Å². The molecule has 8 aliphatic rings. The van der Waals surface area contributed by atoms with Gasteiger partial charge < -0.3 is 99.9 Å². The van der Waals surface area contributed by atoms with Gasteiger partial charge in [-0.1, -0.05) is 60.1 Å². The van der Waals surface area contributed by atoms with Crippen LogP contribution in [0.5, 0.6) is 0 Å². The molecule has 14 N–H and O–H groups in total. The molecule has 3 heterocycles. The molecule has 0 radical (unpaired) electrons. The zero-order chi connectivity index (χ0) is 49.3. The fourth-order valence-corrected chi connectivity index (χ4v) is 15.1. The summed E-state index contributed by atoms with van der Waals surface area (Å²) in [5.74, 6) is -0.556. The second-order valence-electron chi connectivity index (χ2n) is 23.4. The number of aliphatic hydroxyl groups excluding tert-OH is 14. The zero-order valence-corrected chi connectivity index (χ0v) is 39.6. The molecule has 3 aliphatic heterocycles. The minimum atomic E-state index is -1.86. The van der Waals surface area contributed by atoms with Crippen molar-refractivity contribution in [1.29, 1.82) is 0 Å². The summed E-state index contributed by atoms with van der Waals surface area (Å²) in [6.45, 7) is 12.1. The van der Waals surface area contributed by atoms with Gasteiger partial charge in [0.1, 0.15) is 67.1 Å². The Morgan fingerprint density at radius 2 is 1.25 bits per heavy atom. The molecule has 7 fully saturated rings. The first-order valence-electron chi connectivity index (χ1n) is 24.1. The van der Waals surface area contributed by atoms with E-state index in [2.05, 4.69) is 33.8 Å². The molecule has 0 bridgehead atoms. The topological polar surface area (TPSA) is 339 Å². The zero-order valence-electron chi connectivity index (χ0n) is 39.6. The molecule has 26 atom stereocenters. The summed E-state index contributed by atoms with van der Waals surface area (Å²) < 4.78 is 36.0. The first-order chi connectivity index (χ1) is 31.2. The molecular weight excluding hydrogens is 884 g/mol. The van der Waals surface area contributed by atoms with Crippen LogP contribution in [-0.2, 0) is 28.4 Å². The smallest absolute Gasteiger partial charge is 0.187 e. The number of hydrogen-bond acceptors (Lipinski definition) is 20. The Balaban J connectivity index is 1.07. The summed E-state index contributed by atoms with van der Waals surface area (Å²) in [5.41, 5.74) is -3.98. The van der Waals surface area contributed by atoms with Crippen LogP contribution in [-0.4, -0.2) is 214 Å². The van der Waals surface area contributed by atoms with Crippen LogP contribution in [0.2, 0.25) is 0 Å². The molecule has 0 aromatic carbocycles. The van der Waals surface area contributed by atoms with Crippen LogP contribution in [0.1, 0.15) is 87.0 Å². The van der Waals surface area contributed by atoms with Crippen LogP contribution in [0.25, 0.3) is 0 Å². The Morgan fingerprint density at radius 1 is 0.627 bits per heavy atom. The molecule has 3 saturated heterocycles. The van der Waals surface area contributed by atoms with Gasteiger partial charge in [-0.3, -0.25) is 0 Å². The van der Waals surface area contributed by atoms with Gasteiger partial charge in [0.15, 0.2) is 18.9 Å². The average Bonchev–Trinajstić information content (AvgIpc) is 3.27. The highest BCUT2D eigenvalue weighted by Crippen LogP contribution is 2.76. The van der Waals surface area contributed by atoms with Gasteiger partial charge in [-0.05, 0) is 77.9 Å². The number of fused-ring (bicyclic) bond motifs is 7. The Kier molecular flexibility index (Phi) is 14.2. The fraction of sp³-hybridized carbons (Fsp3) is 0.957. The van der Waals surface area contributed by atoms with Crippen LogP contribution in [0.3, 0.4) is 0 Å². The SMILES string of the molecule is CC1(C)C[C@H]2C3=CC[C@@H]4[C@@]5(C)CC[C@H](O[C@@H]6O[C@H](CO[C@@H]7OC[C@H](O)[C@H](O)[C@H]7O)[C@@H](O)[C@H](O)[C@H]6O[C@@H]6O[C@H](CO)[C@@H](O)[C@H](O)[C@H]6O)C(C)(C)[C@@H]5CC[C@@]4(C)[C@]3(C)[C@@H](O)[C@@H](O)[C@@]2(CO)[C@@H](O)[C@@H]1O. The van der Waals surface area contributed by atoms with Gasteiger partial charge in [-0.25, -0.2) is 0 Å². The third kappa shape index (κ3) is 7.69. The predicted octanol–water partition coefficient (Wildman–Crippen LogP) is -2.86. The monoisotopic (exact) mass is 963 g/mol. The average molecular weight is 963 g/mol. The van der Waals surface area contributed by atoms with Crippen LogP contribution >= 0.6 is 0 Å². The normalized spacial score (nSPS) is 56.2. The minimum Gasteiger partial charge on any atom is -0.396 e. The summed E-state index contributed by atoms with van der Waals surface area (Å²) in [5, 5.41) is 154. The van der Waals surface area contributed by atoms with E-state index in [-0.39, 0.29) is 23.9 Å². The fourth-order valence-electron chi connectivity index (χ4n) is 15.1. The summed E-state index contributed by atoms with van der Waals surface area (Å²) in [4.78, 5) is 0. The third-order valence-corrected chi connectivity index (χ3v) is 19.4. The molecule has 0 aromatic rings. The molecule has 20 nitrogen and oxygen atoms in total. The quantitative estimate of drug-likeness (QED) is 0.0816. The van der Waals surface area contributed by atoms with Gasteiger partial charge in [-0.2, -0.15) is 0 Å². The number of hydrogen-bond donors (Lipinski definition) is 14. The van der Waals surface area contributed by atoms with Crippen molar-refractivity contribution in [2.24, 2.45) is 50.2 Å². The van der Waals surface area contributed by atoms with Crippen molar-refractivity contribution in [3.63, 3.8) is 0 Å². The van der Waals surface area contributed by atoms with Crippen LogP contribution in [0.4, 0.5) is 0 Å². The lowest BCUT2D eigenvalue weighted by Crippen LogP contribution is -2.76. The summed E-state index contributed by atoms with van der Waals surface area (Å²) in [6, 6.07) is 0. The molecule has 0 aromatic heterocycles. The van der Waals surface area contributed by atoms with Crippen LogP contribution < -0.4 is 0 Å². The number of rotatable bonds is 9. The standard InChI is InChI=1S/C47H78O20/c1-42(2)14-20-19-8-9-25-44(5)12-11-26(43(3,4)24(44)10-13-45(25,6)46(19,7)36(59)38(61)47(20,18-49)37(60)35(42)58)66-41-34(67-40-33(57)30(54)28(52)22(15-48)64-40)31(55)29(53)23(65-41)17-63-39-32(56)27(51)21(50)16-62-39/h8,20-41,48-61H,9-18H2,1-7H3/t20-,21-,22+,23+,24-,25+,26-,27-,28+,29+,30-,31-,32+,33+,34+,35-,36-,37-,38+,39-,40-,41-,44-,45+,46-,47+/m0/s1. The van der Waals surface area contributed by atoms with E-state index >= 15 is 0 Å². The van der Waals surface area contributed by atoms with E-state index in [4.69, 9.17) is 28.4 Å². The minimum absolute atomic E-state index is 0.0158. The highest BCUT2D eigenvalue weighted by molar-refractivity contribution is 5.38. The van der Waals surface area contributed by atoms with Crippen molar-refractivity contribution in [3.8, 4) is 0 Å². The second-order valence-corrected chi connectivity index (χ2v) is 23.4. The molecule has 386 valence electrons. The second kappa shape index (κ2) is 18.2. The van der Waals surface area contributed by atoms with E-state index in [1.807, 2.05) is 20.8 Å². The first kappa shape index (κ1) is 52.3. The van der Waals surface area contributed by atoms with Gasteiger partial charge >= 0.3 is 0 Å². The molecular formula is C47H78O20. The lowest BCUT2D eigenvalue weighted by Gasteiger charge is -2.73. The van der Waals surface area contributed by atoms with Crippen molar-refractivity contribution in [2.45, 2.75) is 204 Å². The van der Waals surface area contributed by atoms with Crippen molar-refractivity contribution >= 4 is 0 Å². The first-order valence-corrected chi connectivity index (χ1v) is 24.1. The Morgan fingerprint density at radius 3 is 1.91 bits per heavy atom. The molecule has 0 amide bonds. The summed E-state index contributed by atoms with van der Waals surface area (Å²) in [7, 11) is 0. The highest BCUT2D eigenvalue weighted by Gasteiger charge is 2.75. The number of aliphatic hydroxyl groups is 14. The Labute approximate surface area is 391 Å². The van der Waals surface area contributed by atoms with Crippen molar-refractivity contribution < 1.29 is 99.9 Å². The van der Waals surface area contributed by atoms with Crippen LogP contribution in [0, 0.1) is 50.2 Å². The van der Waals surface area contributed by atoms with Gasteiger partial charge in [0, 0.05) is 5.41 Å². The van der Waals surface area contributed by atoms with E-state index in [1.54, 1.807) is 0 Å². The lowest BCUT2D eigenvalue weighted by atomic mass is 9.32.